The summed E-state index contributed by atoms with van der Waals surface area (Å²) in [6.45, 7) is 0. The van der Waals surface area contributed by atoms with Gasteiger partial charge < -0.3 is 5.11 Å². The maximum absolute atomic E-state index is 10.4. The SMILES string of the molecule is O=C(O)CCCc1nc2cc(Br)ccn2n1. The van der Waals surface area contributed by atoms with E-state index in [0.717, 1.165) is 10.1 Å². The highest BCUT2D eigenvalue weighted by atomic mass is 79.9. The summed E-state index contributed by atoms with van der Waals surface area (Å²) in [5, 5.41) is 12.8. The molecule has 0 fully saturated rings. The van der Waals surface area contributed by atoms with E-state index in [0.29, 0.717) is 18.7 Å². The van der Waals surface area contributed by atoms with Crippen LogP contribution >= 0.6 is 15.9 Å². The Kier molecular flexibility index (Phi) is 3.19. The average Bonchev–Trinajstić information content (AvgIpc) is 2.58. The molecule has 84 valence electrons. The van der Waals surface area contributed by atoms with Crippen LogP contribution in [0.2, 0.25) is 0 Å². The van der Waals surface area contributed by atoms with Crippen molar-refractivity contribution in [3.8, 4) is 0 Å². The number of rotatable bonds is 4. The zero-order valence-corrected chi connectivity index (χ0v) is 10.0. The van der Waals surface area contributed by atoms with Crippen molar-refractivity contribution in [1.82, 2.24) is 14.6 Å². The van der Waals surface area contributed by atoms with E-state index in [-0.39, 0.29) is 6.42 Å². The summed E-state index contributed by atoms with van der Waals surface area (Å²) < 4.78 is 2.63. The average molecular weight is 284 g/mol. The largest absolute Gasteiger partial charge is 0.481 e. The van der Waals surface area contributed by atoms with Gasteiger partial charge in [-0.3, -0.25) is 4.79 Å². The van der Waals surface area contributed by atoms with Crippen LogP contribution in [0.5, 0.6) is 0 Å². The Hall–Kier alpha value is -1.43. The van der Waals surface area contributed by atoms with Crippen molar-refractivity contribution in [3.63, 3.8) is 0 Å². The second-order valence-electron chi connectivity index (χ2n) is 3.42. The molecule has 2 heterocycles. The number of halogens is 1. The standard InChI is InChI=1S/C10H10BrN3O2/c11-7-4-5-14-9(6-7)12-8(13-14)2-1-3-10(15)16/h4-6H,1-3H2,(H,15,16). The fourth-order valence-corrected chi connectivity index (χ4v) is 1.73. The smallest absolute Gasteiger partial charge is 0.303 e. The lowest BCUT2D eigenvalue weighted by molar-refractivity contribution is -0.137. The van der Waals surface area contributed by atoms with E-state index in [1.54, 1.807) is 4.52 Å². The van der Waals surface area contributed by atoms with Crippen LogP contribution in [-0.4, -0.2) is 25.7 Å². The van der Waals surface area contributed by atoms with E-state index < -0.39 is 5.97 Å². The fraction of sp³-hybridized carbons (Fsp3) is 0.300. The van der Waals surface area contributed by atoms with E-state index in [1.165, 1.54) is 0 Å². The van der Waals surface area contributed by atoms with Gasteiger partial charge in [0.2, 0.25) is 0 Å². The van der Waals surface area contributed by atoms with Crippen molar-refractivity contribution in [2.45, 2.75) is 19.3 Å². The van der Waals surface area contributed by atoms with Gasteiger partial charge in [0, 0.05) is 23.5 Å². The minimum absolute atomic E-state index is 0.152. The van der Waals surface area contributed by atoms with Crippen LogP contribution < -0.4 is 0 Å². The summed E-state index contributed by atoms with van der Waals surface area (Å²) in [5.74, 6) is -0.106. The highest BCUT2D eigenvalue weighted by Gasteiger charge is 2.05. The topological polar surface area (TPSA) is 67.5 Å². The van der Waals surface area contributed by atoms with Crippen LogP contribution in [0.4, 0.5) is 0 Å². The number of hydrogen-bond donors (Lipinski definition) is 1. The summed E-state index contributed by atoms with van der Waals surface area (Å²) in [6, 6.07) is 3.75. The number of hydrogen-bond acceptors (Lipinski definition) is 3. The first-order valence-electron chi connectivity index (χ1n) is 4.88. The molecule has 2 aromatic rings. The van der Waals surface area contributed by atoms with Gasteiger partial charge in [-0.25, -0.2) is 9.50 Å². The third kappa shape index (κ3) is 2.57. The highest BCUT2D eigenvalue weighted by Crippen LogP contribution is 2.12. The second kappa shape index (κ2) is 4.61. The molecule has 0 saturated heterocycles. The molecule has 2 aromatic heterocycles. The van der Waals surface area contributed by atoms with Gasteiger partial charge in [-0.15, -0.1) is 0 Å². The number of nitrogens with zero attached hydrogens (tertiary/aromatic N) is 3. The van der Waals surface area contributed by atoms with E-state index in [2.05, 4.69) is 26.0 Å². The van der Waals surface area contributed by atoms with Crippen LogP contribution in [0.3, 0.4) is 0 Å². The minimum atomic E-state index is -0.786. The lowest BCUT2D eigenvalue weighted by atomic mass is 10.2. The van der Waals surface area contributed by atoms with Gasteiger partial charge in [-0.1, -0.05) is 15.9 Å². The van der Waals surface area contributed by atoms with E-state index >= 15 is 0 Å². The van der Waals surface area contributed by atoms with Crippen molar-refractivity contribution in [1.29, 1.82) is 0 Å². The zero-order valence-electron chi connectivity index (χ0n) is 8.43. The van der Waals surface area contributed by atoms with Gasteiger partial charge in [0.15, 0.2) is 11.5 Å². The molecule has 6 heteroatoms. The van der Waals surface area contributed by atoms with Gasteiger partial charge in [-0.05, 0) is 18.6 Å². The van der Waals surface area contributed by atoms with Crippen LogP contribution in [0.15, 0.2) is 22.8 Å². The van der Waals surface area contributed by atoms with Gasteiger partial charge in [-0.2, -0.15) is 5.10 Å². The number of carboxylic acids is 1. The number of aryl methyl sites for hydroxylation is 1. The maximum Gasteiger partial charge on any atom is 0.303 e. The van der Waals surface area contributed by atoms with Crippen molar-refractivity contribution in [2.75, 3.05) is 0 Å². The van der Waals surface area contributed by atoms with E-state index in [9.17, 15) is 4.79 Å². The number of carboxylic acid groups (broad SMARTS) is 1. The molecule has 0 aliphatic carbocycles. The molecule has 0 aliphatic rings. The number of carbonyl (C=O) groups is 1. The molecule has 0 spiro atoms. The van der Waals surface area contributed by atoms with Crippen molar-refractivity contribution < 1.29 is 9.90 Å². The molecule has 0 saturated carbocycles. The van der Waals surface area contributed by atoms with Crippen LogP contribution in [-0.2, 0) is 11.2 Å². The molecule has 5 nitrogen and oxygen atoms in total. The Morgan fingerprint density at radius 1 is 1.56 bits per heavy atom. The number of pyridine rings is 1. The van der Waals surface area contributed by atoms with Crippen molar-refractivity contribution >= 4 is 27.5 Å². The Morgan fingerprint density at radius 3 is 3.12 bits per heavy atom. The quantitative estimate of drug-likeness (QED) is 0.931. The first-order chi connectivity index (χ1) is 7.65. The van der Waals surface area contributed by atoms with Crippen LogP contribution in [0.1, 0.15) is 18.7 Å². The zero-order chi connectivity index (χ0) is 11.5. The molecule has 0 radical (unpaired) electrons. The molecule has 0 atom stereocenters. The fourth-order valence-electron chi connectivity index (χ4n) is 1.41. The summed E-state index contributed by atoms with van der Waals surface area (Å²) >= 11 is 3.35. The van der Waals surface area contributed by atoms with Gasteiger partial charge in [0.05, 0.1) is 0 Å². The third-order valence-corrected chi connectivity index (χ3v) is 2.63. The second-order valence-corrected chi connectivity index (χ2v) is 4.34. The summed E-state index contributed by atoms with van der Waals surface area (Å²) in [7, 11) is 0. The lowest BCUT2D eigenvalue weighted by Crippen LogP contribution is -1.97. The number of aromatic nitrogens is 3. The molecule has 1 N–H and O–H groups in total. The van der Waals surface area contributed by atoms with Crippen molar-refractivity contribution in [2.24, 2.45) is 0 Å². The first-order valence-corrected chi connectivity index (χ1v) is 5.67. The highest BCUT2D eigenvalue weighted by molar-refractivity contribution is 9.10. The predicted molar refractivity (Wildman–Crippen MR) is 61.3 cm³/mol. The maximum atomic E-state index is 10.4. The van der Waals surface area contributed by atoms with Crippen LogP contribution in [0.25, 0.3) is 5.65 Å². The molecule has 2 rings (SSSR count). The Bertz CT molecular complexity index is 524. The molecule has 0 unspecified atom stereocenters. The monoisotopic (exact) mass is 283 g/mol. The van der Waals surface area contributed by atoms with Gasteiger partial charge in [0.1, 0.15) is 0 Å². The van der Waals surface area contributed by atoms with Gasteiger partial charge in [0.25, 0.3) is 0 Å². The summed E-state index contributed by atoms with van der Waals surface area (Å²) in [6.07, 6.45) is 3.12. The van der Waals surface area contributed by atoms with Crippen molar-refractivity contribution in [3.05, 3.63) is 28.6 Å². The van der Waals surface area contributed by atoms with E-state index in [4.69, 9.17) is 5.11 Å². The third-order valence-electron chi connectivity index (χ3n) is 2.13. The van der Waals surface area contributed by atoms with Gasteiger partial charge >= 0.3 is 5.97 Å². The Balaban J connectivity index is 2.10. The normalized spacial score (nSPS) is 10.8. The Morgan fingerprint density at radius 2 is 2.38 bits per heavy atom. The predicted octanol–water partition coefficient (Wildman–Crippen LogP) is 1.90. The first kappa shape index (κ1) is 11.1. The molecule has 0 amide bonds. The van der Waals surface area contributed by atoms with Crippen LogP contribution in [0, 0.1) is 0 Å². The summed E-state index contributed by atoms with van der Waals surface area (Å²) in [5.41, 5.74) is 0.764. The molecular weight excluding hydrogens is 274 g/mol. The van der Waals surface area contributed by atoms with E-state index in [1.807, 2.05) is 18.3 Å². The molecule has 0 aromatic carbocycles. The minimum Gasteiger partial charge on any atom is -0.481 e. The lowest BCUT2D eigenvalue weighted by Gasteiger charge is -1.91. The number of aliphatic carboxylic acids is 1. The molecule has 0 bridgehead atoms. The number of fused-ring (bicyclic) bond motifs is 1. The molecule has 0 aliphatic heterocycles. The molecule has 16 heavy (non-hydrogen) atoms. The molecular formula is C10H10BrN3O2. The Labute approximate surface area is 100 Å². The summed E-state index contributed by atoms with van der Waals surface area (Å²) in [4.78, 5) is 14.7.